The summed E-state index contributed by atoms with van der Waals surface area (Å²) in [5.41, 5.74) is 1.52. The van der Waals surface area contributed by atoms with Gasteiger partial charge in [0.2, 0.25) is 0 Å². The van der Waals surface area contributed by atoms with E-state index in [1.807, 2.05) is 13.0 Å². The first-order chi connectivity index (χ1) is 9.22. The molecule has 19 heavy (non-hydrogen) atoms. The largest absolute Gasteiger partial charge is 0.367 e. The van der Waals surface area contributed by atoms with Crippen LogP contribution in [0, 0.1) is 0 Å². The van der Waals surface area contributed by atoms with E-state index in [1.54, 1.807) is 12.3 Å². The van der Waals surface area contributed by atoms with Gasteiger partial charge in [-0.15, -0.1) is 0 Å². The summed E-state index contributed by atoms with van der Waals surface area (Å²) in [5, 5.41) is 10.2. The van der Waals surface area contributed by atoms with E-state index in [0.717, 1.165) is 12.0 Å². The van der Waals surface area contributed by atoms with Gasteiger partial charge in [-0.1, -0.05) is 13.0 Å². The van der Waals surface area contributed by atoms with Gasteiger partial charge in [-0.2, -0.15) is 0 Å². The number of pyridine rings is 1. The summed E-state index contributed by atoms with van der Waals surface area (Å²) >= 11 is 0. The third-order valence-electron chi connectivity index (χ3n) is 3.10. The zero-order valence-electron chi connectivity index (χ0n) is 10.3. The lowest BCUT2D eigenvalue weighted by Crippen LogP contribution is -2.28. The fourth-order valence-corrected chi connectivity index (χ4v) is 2.05. The van der Waals surface area contributed by atoms with Crippen molar-refractivity contribution < 1.29 is 9.90 Å². The molecule has 1 amide bonds. The Hall–Kier alpha value is -2.34. The fraction of sp³-hybridized carbons (Fsp3) is 0.231. The van der Waals surface area contributed by atoms with Gasteiger partial charge in [-0.25, -0.2) is 9.97 Å². The number of carbonyl (C=O) groups is 1. The van der Waals surface area contributed by atoms with Crippen LogP contribution in [0.1, 0.15) is 34.9 Å². The molecule has 0 fully saturated rings. The zero-order chi connectivity index (χ0) is 13.4. The number of aliphatic hydroxyl groups excluding tert-OH is 1. The van der Waals surface area contributed by atoms with Gasteiger partial charge < -0.3 is 5.11 Å². The SMILES string of the molecule is CCc1ccc(N2C(=O)c3nccnc3C2O)nc1. The van der Waals surface area contributed by atoms with Crippen molar-refractivity contribution in [2.75, 3.05) is 4.90 Å². The van der Waals surface area contributed by atoms with Crippen LogP contribution in [0.4, 0.5) is 5.82 Å². The van der Waals surface area contributed by atoms with Gasteiger partial charge >= 0.3 is 0 Å². The average molecular weight is 256 g/mol. The van der Waals surface area contributed by atoms with Gasteiger partial charge in [0, 0.05) is 18.6 Å². The summed E-state index contributed by atoms with van der Waals surface area (Å²) in [5.74, 6) is 0.0156. The minimum atomic E-state index is -1.13. The van der Waals surface area contributed by atoms with E-state index in [0.29, 0.717) is 5.82 Å². The van der Waals surface area contributed by atoms with E-state index in [1.165, 1.54) is 17.3 Å². The van der Waals surface area contributed by atoms with Crippen LogP contribution in [0.5, 0.6) is 0 Å². The van der Waals surface area contributed by atoms with E-state index in [4.69, 9.17) is 0 Å². The predicted molar refractivity (Wildman–Crippen MR) is 67.4 cm³/mol. The van der Waals surface area contributed by atoms with Gasteiger partial charge in [0.15, 0.2) is 11.9 Å². The number of aromatic nitrogens is 3. The standard InChI is InChI=1S/C13H12N4O2/c1-2-8-3-4-9(16-7-8)17-12(18)10-11(13(17)19)15-6-5-14-10/h3-7,12,18H,2H2,1H3. The van der Waals surface area contributed by atoms with Crippen molar-refractivity contribution >= 4 is 11.7 Å². The molecular weight excluding hydrogens is 244 g/mol. The monoisotopic (exact) mass is 256 g/mol. The quantitative estimate of drug-likeness (QED) is 0.870. The molecule has 6 nitrogen and oxygen atoms in total. The number of anilines is 1. The molecule has 96 valence electrons. The van der Waals surface area contributed by atoms with Crippen molar-refractivity contribution in [3.63, 3.8) is 0 Å². The van der Waals surface area contributed by atoms with Crippen LogP contribution in [0.2, 0.25) is 0 Å². The van der Waals surface area contributed by atoms with Gasteiger partial charge in [0.1, 0.15) is 11.5 Å². The maximum Gasteiger partial charge on any atom is 0.282 e. The molecule has 3 rings (SSSR count). The summed E-state index contributed by atoms with van der Waals surface area (Å²) < 4.78 is 0. The average Bonchev–Trinajstić information content (AvgIpc) is 2.72. The number of nitrogens with zero attached hydrogens (tertiary/aromatic N) is 4. The molecule has 1 aliphatic heterocycles. The summed E-state index contributed by atoms with van der Waals surface area (Å²) in [7, 11) is 0. The van der Waals surface area contributed by atoms with Crippen LogP contribution in [-0.2, 0) is 6.42 Å². The topological polar surface area (TPSA) is 79.2 Å². The number of hydrogen-bond donors (Lipinski definition) is 1. The van der Waals surface area contributed by atoms with Gasteiger partial charge in [-0.05, 0) is 18.1 Å². The first-order valence-electron chi connectivity index (χ1n) is 6.00. The van der Waals surface area contributed by atoms with Crippen LogP contribution in [-0.4, -0.2) is 26.0 Å². The molecule has 0 bridgehead atoms. The molecule has 0 saturated carbocycles. The molecule has 0 spiro atoms. The second-order valence-electron chi connectivity index (χ2n) is 4.22. The number of aryl methyl sites for hydroxylation is 1. The molecular formula is C13H12N4O2. The maximum absolute atomic E-state index is 12.2. The molecule has 0 radical (unpaired) electrons. The highest BCUT2D eigenvalue weighted by molar-refractivity contribution is 6.08. The van der Waals surface area contributed by atoms with E-state index in [2.05, 4.69) is 15.0 Å². The first kappa shape index (κ1) is 11.7. The number of fused-ring (bicyclic) bond motifs is 1. The fourth-order valence-electron chi connectivity index (χ4n) is 2.05. The third-order valence-corrected chi connectivity index (χ3v) is 3.10. The maximum atomic E-state index is 12.2. The van der Waals surface area contributed by atoms with Crippen molar-refractivity contribution in [3.8, 4) is 0 Å². The van der Waals surface area contributed by atoms with Crippen molar-refractivity contribution in [3.05, 3.63) is 47.7 Å². The molecule has 2 aromatic heterocycles. The smallest absolute Gasteiger partial charge is 0.282 e. The Morgan fingerprint density at radius 3 is 2.68 bits per heavy atom. The van der Waals surface area contributed by atoms with E-state index in [-0.39, 0.29) is 17.3 Å². The zero-order valence-corrected chi connectivity index (χ0v) is 10.3. The van der Waals surface area contributed by atoms with Crippen LogP contribution < -0.4 is 4.90 Å². The Morgan fingerprint density at radius 1 is 1.26 bits per heavy atom. The number of carbonyl (C=O) groups excluding carboxylic acids is 1. The molecule has 2 aromatic rings. The van der Waals surface area contributed by atoms with Crippen molar-refractivity contribution in [1.29, 1.82) is 0 Å². The van der Waals surface area contributed by atoms with Crippen LogP contribution >= 0.6 is 0 Å². The van der Waals surface area contributed by atoms with Gasteiger partial charge in [0.25, 0.3) is 5.91 Å². The summed E-state index contributed by atoms with van der Waals surface area (Å²) in [6, 6.07) is 3.60. The molecule has 1 unspecified atom stereocenters. The molecule has 1 atom stereocenters. The number of aliphatic hydroxyl groups is 1. The first-order valence-corrected chi connectivity index (χ1v) is 6.00. The van der Waals surface area contributed by atoms with E-state index < -0.39 is 6.23 Å². The molecule has 0 saturated heterocycles. The lowest BCUT2D eigenvalue weighted by Gasteiger charge is -2.18. The lowest BCUT2D eigenvalue weighted by atomic mass is 10.2. The third kappa shape index (κ3) is 1.77. The second-order valence-corrected chi connectivity index (χ2v) is 4.22. The molecule has 1 aliphatic rings. The van der Waals surface area contributed by atoms with Gasteiger partial charge in [-0.3, -0.25) is 14.7 Å². The minimum Gasteiger partial charge on any atom is -0.367 e. The second kappa shape index (κ2) is 4.40. The summed E-state index contributed by atoms with van der Waals surface area (Å²) in [6.45, 7) is 2.02. The molecule has 3 heterocycles. The van der Waals surface area contributed by atoms with Crippen LogP contribution in [0.25, 0.3) is 0 Å². The van der Waals surface area contributed by atoms with Crippen LogP contribution in [0.3, 0.4) is 0 Å². The Bertz CT molecular complexity index is 627. The summed E-state index contributed by atoms with van der Waals surface area (Å²) in [6.07, 6.45) is 4.32. The number of amides is 1. The van der Waals surface area contributed by atoms with E-state index >= 15 is 0 Å². The highest BCUT2D eigenvalue weighted by atomic mass is 16.3. The van der Waals surface area contributed by atoms with E-state index in [9.17, 15) is 9.90 Å². The lowest BCUT2D eigenvalue weighted by molar-refractivity contribution is 0.0929. The predicted octanol–water partition coefficient (Wildman–Crippen LogP) is 1.09. The Balaban J connectivity index is 2.01. The van der Waals surface area contributed by atoms with Crippen molar-refractivity contribution in [2.45, 2.75) is 19.6 Å². The number of rotatable bonds is 2. The highest BCUT2D eigenvalue weighted by Gasteiger charge is 2.39. The van der Waals surface area contributed by atoms with Crippen LogP contribution in [0.15, 0.2) is 30.7 Å². The van der Waals surface area contributed by atoms with Crippen molar-refractivity contribution in [2.24, 2.45) is 0 Å². The Labute approximate surface area is 109 Å². The highest BCUT2D eigenvalue weighted by Crippen LogP contribution is 2.32. The molecule has 0 aliphatic carbocycles. The normalized spacial score (nSPS) is 17.7. The Kier molecular flexibility index (Phi) is 2.72. The minimum absolute atomic E-state index is 0.177. The molecule has 0 aromatic carbocycles. The van der Waals surface area contributed by atoms with Gasteiger partial charge in [0.05, 0.1) is 0 Å². The van der Waals surface area contributed by atoms with Crippen molar-refractivity contribution in [1.82, 2.24) is 15.0 Å². The Morgan fingerprint density at radius 2 is 2.05 bits per heavy atom. The molecule has 1 N–H and O–H groups in total. The summed E-state index contributed by atoms with van der Waals surface area (Å²) in [4.78, 5) is 25.5. The number of hydrogen-bond acceptors (Lipinski definition) is 5. The molecule has 6 heteroatoms.